The van der Waals surface area contributed by atoms with Gasteiger partial charge in [-0.3, -0.25) is 9.59 Å². The summed E-state index contributed by atoms with van der Waals surface area (Å²) in [6.45, 7) is 4.87. The Morgan fingerprint density at radius 3 is 2.40 bits per heavy atom. The Labute approximate surface area is 118 Å². The molecule has 0 aliphatic heterocycles. The Balaban J connectivity index is 2.37. The van der Waals surface area contributed by atoms with Crippen LogP contribution in [0, 0.1) is 5.92 Å². The summed E-state index contributed by atoms with van der Waals surface area (Å²) in [5.74, 6) is -1.56. The number of carbonyl (C=O) groups excluding carboxylic acids is 2. The van der Waals surface area contributed by atoms with Gasteiger partial charge < -0.3 is 20.6 Å². The number of hydrogen-bond acceptors (Lipinski definition) is 3. The van der Waals surface area contributed by atoms with Crippen molar-refractivity contribution in [1.29, 1.82) is 0 Å². The van der Waals surface area contributed by atoms with Crippen LogP contribution in [0.25, 0.3) is 0 Å². The smallest absolute Gasteiger partial charge is 0.315 e. The van der Waals surface area contributed by atoms with E-state index in [0.29, 0.717) is 25.9 Å². The first-order valence-corrected chi connectivity index (χ1v) is 7.04. The molecular weight excluding hydrogens is 262 g/mol. The zero-order valence-electron chi connectivity index (χ0n) is 12.0. The van der Waals surface area contributed by atoms with Gasteiger partial charge in [0.2, 0.25) is 5.91 Å². The number of likely N-dealkylation sites (N-methyl/N-ethyl adjacent to an activating group) is 1. The highest BCUT2D eigenvalue weighted by atomic mass is 16.4. The van der Waals surface area contributed by atoms with E-state index in [2.05, 4.69) is 10.6 Å². The molecule has 1 rings (SSSR count). The normalized spacial score (nSPS) is 21.3. The Hall–Kier alpha value is -1.79. The Morgan fingerprint density at radius 1 is 1.20 bits per heavy atom. The second-order valence-electron chi connectivity index (χ2n) is 4.88. The van der Waals surface area contributed by atoms with Gasteiger partial charge in [-0.25, -0.2) is 4.79 Å². The third-order valence-electron chi connectivity index (χ3n) is 3.67. The maximum atomic E-state index is 11.7. The van der Waals surface area contributed by atoms with Gasteiger partial charge in [0.15, 0.2) is 0 Å². The fourth-order valence-electron chi connectivity index (χ4n) is 2.49. The van der Waals surface area contributed by atoms with Crippen molar-refractivity contribution >= 4 is 17.9 Å². The molecule has 3 amide bonds. The van der Waals surface area contributed by atoms with Crippen LogP contribution in [0.15, 0.2) is 0 Å². The summed E-state index contributed by atoms with van der Waals surface area (Å²) in [7, 11) is 0. The Morgan fingerprint density at radius 2 is 1.85 bits per heavy atom. The van der Waals surface area contributed by atoms with Gasteiger partial charge in [-0.2, -0.15) is 0 Å². The third kappa shape index (κ3) is 4.40. The fourth-order valence-corrected chi connectivity index (χ4v) is 2.49. The van der Waals surface area contributed by atoms with Gasteiger partial charge in [-0.15, -0.1) is 0 Å². The average Bonchev–Trinajstić information content (AvgIpc) is 2.86. The van der Waals surface area contributed by atoms with Gasteiger partial charge in [0.25, 0.3) is 0 Å². The van der Waals surface area contributed by atoms with Gasteiger partial charge >= 0.3 is 12.0 Å². The highest BCUT2D eigenvalue weighted by Crippen LogP contribution is 2.25. The van der Waals surface area contributed by atoms with E-state index in [1.165, 1.54) is 0 Å². The first kappa shape index (κ1) is 16.3. The van der Waals surface area contributed by atoms with Crippen LogP contribution in [0.1, 0.15) is 33.1 Å². The monoisotopic (exact) mass is 285 g/mol. The summed E-state index contributed by atoms with van der Waals surface area (Å²) in [4.78, 5) is 36.0. The highest BCUT2D eigenvalue weighted by Gasteiger charge is 2.33. The molecule has 0 aromatic carbocycles. The summed E-state index contributed by atoms with van der Waals surface area (Å²) in [6.07, 6.45) is 2.04. The standard InChI is InChI=1S/C13H23N3O4/c1-3-16(4-2)11(17)8-14-13(20)15-10-7-5-6-9(10)12(18)19/h9-10H,3-8H2,1-2H3,(H,18,19)(H2,14,15,20). The summed E-state index contributed by atoms with van der Waals surface area (Å²) in [5, 5.41) is 14.1. The van der Waals surface area contributed by atoms with Crippen molar-refractivity contribution < 1.29 is 19.5 Å². The molecule has 0 aromatic rings. The number of carboxylic acid groups (broad SMARTS) is 1. The summed E-state index contributed by atoms with van der Waals surface area (Å²) in [6, 6.07) is -0.834. The number of carboxylic acids is 1. The molecular formula is C13H23N3O4. The van der Waals surface area contributed by atoms with Crippen molar-refractivity contribution in [3.8, 4) is 0 Å². The van der Waals surface area contributed by atoms with Crippen molar-refractivity contribution in [2.75, 3.05) is 19.6 Å². The Kier molecular flexibility index (Phi) is 6.27. The molecule has 1 aliphatic rings. The summed E-state index contributed by atoms with van der Waals surface area (Å²) in [5.41, 5.74) is 0. The van der Waals surface area contributed by atoms with Crippen LogP contribution in [0.2, 0.25) is 0 Å². The van der Waals surface area contributed by atoms with Gasteiger partial charge in [0.05, 0.1) is 12.5 Å². The van der Waals surface area contributed by atoms with Crippen LogP contribution in [0.5, 0.6) is 0 Å². The lowest BCUT2D eigenvalue weighted by molar-refractivity contribution is -0.142. The molecule has 2 atom stereocenters. The maximum Gasteiger partial charge on any atom is 0.315 e. The van der Waals surface area contributed by atoms with E-state index in [9.17, 15) is 14.4 Å². The fraction of sp³-hybridized carbons (Fsp3) is 0.769. The van der Waals surface area contributed by atoms with Crippen molar-refractivity contribution in [1.82, 2.24) is 15.5 Å². The molecule has 1 fully saturated rings. The molecule has 0 heterocycles. The first-order valence-electron chi connectivity index (χ1n) is 7.04. The van der Waals surface area contributed by atoms with E-state index >= 15 is 0 Å². The topological polar surface area (TPSA) is 98.7 Å². The predicted molar refractivity (Wildman–Crippen MR) is 73.2 cm³/mol. The SMILES string of the molecule is CCN(CC)C(=O)CNC(=O)NC1CCCC1C(=O)O. The lowest BCUT2D eigenvalue weighted by Gasteiger charge is -2.20. The maximum absolute atomic E-state index is 11.7. The zero-order valence-corrected chi connectivity index (χ0v) is 12.0. The number of nitrogens with one attached hydrogen (secondary N) is 2. The molecule has 2 unspecified atom stereocenters. The van der Waals surface area contributed by atoms with Crippen LogP contribution in [-0.4, -0.2) is 53.6 Å². The molecule has 3 N–H and O–H groups in total. The van der Waals surface area contributed by atoms with E-state index in [0.717, 1.165) is 6.42 Å². The van der Waals surface area contributed by atoms with E-state index in [-0.39, 0.29) is 18.5 Å². The van der Waals surface area contributed by atoms with E-state index in [1.54, 1.807) is 4.90 Å². The quantitative estimate of drug-likeness (QED) is 0.658. The average molecular weight is 285 g/mol. The molecule has 7 heteroatoms. The van der Waals surface area contributed by atoms with Crippen LogP contribution >= 0.6 is 0 Å². The Bertz CT molecular complexity index is 369. The molecule has 0 spiro atoms. The van der Waals surface area contributed by atoms with Gasteiger partial charge in [-0.05, 0) is 26.7 Å². The third-order valence-corrected chi connectivity index (χ3v) is 3.67. The van der Waals surface area contributed by atoms with Crippen LogP contribution in [0.4, 0.5) is 4.79 Å². The molecule has 1 saturated carbocycles. The first-order chi connectivity index (χ1) is 9.49. The second kappa shape index (κ2) is 7.72. The van der Waals surface area contributed by atoms with Crippen LogP contribution in [0.3, 0.4) is 0 Å². The minimum atomic E-state index is -0.882. The minimum absolute atomic E-state index is 0.0715. The number of urea groups is 1. The highest BCUT2D eigenvalue weighted by molar-refractivity contribution is 5.84. The van der Waals surface area contributed by atoms with Crippen molar-refractivity contribution in [2.45, 2.75) is 39.2 Å². The van der Waals surface area contributed by atoms with E-state index < -0.39 is 17.9 Å². The van der Waals surface area contributed by atoms with E-state index in [1.807, 2.05) is 13.8 Å². The van der Waals surface area contributed by atoms with Crippen LogP contribution < -0.4 is 10.6 Å². The molecule has 1 aliphatic carbocycles. The van der Waals surface area contributed by atoms with Crippen molar-refractivity contribution in [3.05, 3.63) is 0 Å². The molecule has 0 aromatic heterocycles. The molecule has 0 bridgehead atoms. The molecule has 7 nitrogen and oxygen atoms in total. The lowest BCUT2D eigenvalue weighted by Crippen LogP contribution is -2.48. The largest absolute Gasteiger partial charge is 0.481 e. The van der Waals surface area contributed by atoms with Gasteiger partial charge in [-0.1, -0.05) is 6.42 Å². The predicted octanol–water partition coefficient (Wildman–Crippen LogP) is 0.407. The van der Waals surface area contributed by atoms with Crippen molar-refractivity contribution in [3.63, 3.8) is 0 Å². The molecule has 0 saturated heterocycles. The molecule has 20 heavy (non-hydrogen) atoms. The lowest BCUT2D eigenvalue weighted by atomic mass is 10.0. The molecule has 0 radical (unpaired) electrons. The number of rotatable bonds is 6. The minimum Gasteiger partial charge on any atom is -0.481 e. The van der Waals surface area contributed by atoms with Gasteiger partial charge in [0, 0.05) is 19.1 Å². The van der Waals surface area contributed by atoms with Crippen LogP contribution in [-0.2, 0) is 9.59 Å². The zero-order chi connectivity index (χ0) is 15.1. The van der Waals surface area contributed by atoms with Crippen molar-refractivity contribution in [2.24, 2.45) is 5.92 Å². The number of amides is 3. The number of aliphatic carboxylic acids is 1. The summed E-state index contributed by atoms with van der Waals surface area (Å²) < 4.78 is 0. The number of nitrogens with zero attached hydrogens (tertiary/aromatic N) is 1. The van der Waals surface area contributed by atoms with Gasteiger partial charge in [0.1, 0.15) is 0 Å². The van der Waals surface area contributed by atoms with E-state index in [4.69, 9.17) is 5.11 Å². The second-order valence-corrected chi connectivity index (χ2v) is 4.88. The number of carbonyl (C=O) groups is 3. The number of hydrogen-bond donors (Lipinski definition) is 3. The molecule has 114 valence electrons. The summed E-state index contributed by atoms with van der Waals surface area (Å²) >= 11 is 0.